The molecule has 3 aromatic heterocycles. The van der Waals surface area contributed by atoms with Crippen LogP contribution < -0.4 is 33.7 Å². The molecule has 500 valence electrons. The Balaban J connectivity index is 0.000000217. The number of fused-ring (bicyclic) bond motifs is 4. The highest BCUT2D eigenvalue weighted by molar-refractivity contribution is 14.1. The molecule has 0 radical (unpaired) electrons. The van der Waals surface area contributed by atoms with Crippen LogP contribution in [0.3, 0.4) is 0 Å². The highest BCUT2D eigenvalue weighted by atomic mass is 127. The molecule has 11 rings (SSSR count). The number of H-pyrrole nitrogens is 3. The molecule has 30 heteroatoms. The maximum Gasteiger partial charge on any atom is 0.335 e. The van der Waals surface area contributed by atoms with Crippen molar-refractivity contribution < 1.29 is 56.5 Å². The van der Waals surface area contributed by atoms with Gasteiger partial charge >= 0.3 is 51.3 Å². The molecule has 8 heterocycles. The van der Waals surface area contributed by atoms with Crippen LogP contribution in [-0.2, 0) is 40.1 Å². The van der Waals surface area contributed by atoms with Gasteiger partial charge in [0.25, 0.3) is 16.7 Å². The predicted octanol–water partition coefficient (Wildman–Crippen LogP) is 9.15. The van der Waals surface area contributed by atoms with Crippen LogP contribution in [0.15, 0.2) is 53.4 Å². The summed E-state index contributed by atoms with van der Waals surface area (Å²) >= 11 is 3.79. The molecule has 3 spiro atoms. The maximum absolute atomic E-state index is 12.8. The monoisotopic (exact) mass is 1540 g/mol. The van der Waals surface area contributed by atoms with E-state index in [1.165, 1.54) is 21.4 Å². The minimum Gasteiger partial charge on any atom is -0.414 e. The molecular formula is C58H99FI2N6O17Si4. The number of aliphatic hydroxyl groups is 2. The molecule has 3 aromatic rings. The molecule has 0 unspecified atom stereocenters. The van der Waals surface area contributed by atoms with Gasteiger partial charge in [0.15, 0.2) is 0 Å². The number of rotatable bonds is 12. The fraction of sp³-hybridized carbons (Fsp3) is 0.793. The van der Waals surface area contributed by atoms with E-state index in [1.807, 2.05) is 45.2 Å². The first-order valence-electron chi connectivity index (χ1n) is 30.8. The molecule has 5 N–H and O–H groups in total. The van der Waals surface area contributed by atoms with E-state index in [4.69, 9.17) is 40.1 Å². The van der Waals surface area contributed by atoms with Gasteiger partial charge in [-0.15, -0.1) is 0 Å². The average molecular weight is 1540 g/mol. The number of nitrogens with one attached hydrogen (secondary N) is 3. The molecule has 0 bridgehead atoms. The smallest absolute Gasteiger partial charge is 0.335 e. The minimum absolute atomic E-state index is 0. The average Bonchev–Trinajstić information content (AvgIpc) is 1.61. The van der Waals surface area contributed by atoms with Crippen LogP contribution in [0.2, 0.25) is 44.3 Å². The Bertz CT molecular complexity index is 3300. The molecule has 0 aromatic carbocycles. The maximum atomic E-state index is 12.8. The zero-order valence-electron chi connectivity index (χ0n) is 53.0. The van der Waals surface area contributed by atoms with Crippen LogP contribution in [0.4, 0.5) is 4.70 Å². The Morgan fingerprint density at radius 1 is 0.534 bits per heavy atom. The highest BCUT2D eigenvalue weighted by Gasteiger charge is 2.72. The van der Waals surface area contributed by atoms with Crippen molar-refractivity contribution in [1.82, 2.24) is 28.7 Å². The summed E-state index contributed by atoms with van der Waals surface area (Å²) in [5, 5.41) is 19.3. The quantitative estimate of drug-likeness (QED) is 0.0834. The lowest BCUT2D eigenvalue weighted by molar-refractivity contribution is -0.0578. The summed E-state index contributed by atoms with van der Waals surface area (Å²) in [6, 6.07) is 1.37. The molecule has 8 fully saturated rings. The van der Waals surface area contributed by atoms with Gasteiger partial charge in [0.2, 0.25) is 0 Å². The molecule has 0 amide bonds. The number of nitrogens with zero attached hydrogens (tertiary/aromatic N) is 3. The van der Waals surface area contributed by atoms with Gasteiger partial charge in [-0.1, -0.05) is 118 Å². The summed E-state index contributed by atoms with van der Waals surface area (Å²) < 4.78 is 66.7. The third-order valence-electron chi connectivity index (χ3n) is 19.9. The minimum atomic E-state index is -2.77. The fourth-order valence-electron chi connectivity index (χ4n) is 14.6. The summed E-state index contributed by atoms with van der Waals surface area (Å²) in [4.78, 5) is 79.4. The molecule has 8 aliphatic rings. The number of hydrogen-bond acceptors (Lipinski definition) is 17. The molecule has 3 saturated carbocycles. The number of aromatic nitrogens is 6. The van der Waals surface area contributed by atoms with Crippen molar-refractivity contribution in [2.24, 2.45) is 16.2 Å². The number of hydrogen-bond donors (Lipinski definition) is 5. The Morgan fingerprint density at radius 2 is 0.864 bits per heavy atom. The molecular weight excluding hydrogens is 1440 g/mol. The lowest BCUT2D eigenvalue weighted by Crippen LogP contribution is -2.65. The molecule has 88 heavy (non-hydrogen) atoms. The SMILES string of the molecule is C.CC(C)[Si]1(C(C)C)OC[C@H]2O[C@@H](n3cc(I)c(=O)[nH]c3=O)C3(CC3)[C@@H]2O[Si](C(C)C)(C(C)C)O1.CC(C)[Si]1(C(C)C)OC[C@H]2O[C@@H](n3ccc(=O)[nH]c3=O)C3(CC3)[C@@H]2O[Si](C(C)C)(C(C)C)O1.F.O=c1[nH]c(=O)n([C@@H]2O[C@H](CO)[C@@H](O)C23CC3)cc1I.[2HH]. The standard InChI is InChI=1S/C23H39IN2O6Si2.C23H40N2O6Si2.C11H13IN2O5.CH4.FH.H2/c1-13(2)33(14(3)4)29-12-18-19(31-34(32-33,15(5)6)16(7)8)23(9-10-23)21(30-18)26-11-17(24)20(27)25-22(26)28;1-14(2)32(15(3)4)28-13-18-20(30-33(31-32,16(5)6)17(7)8)23(10-11-23)21(29-18)25-12-9-19(26)24-22(25)27;12-5-3-14(10(18)13-8(5)17)9-11(1-2-11)7(16)6(4-15)19-9;;;/h11,13-16,18-19,21H,9-10,12H2,1-8H3,(H,25,27,28);9,12,14-18,20-21H,10-11,13H2,1-8H3,(H,24,26,27);3,6-7,9,15-16H,1-2,4H2,(H,13,17,18);1H4;2*1H/t18-,19-,21-;18-,20-,21-;6-,7-,9-;;;/m111.../s1/i;;;;;1+1. The van der Waals surface area contributed by atoms with Crippen LogP contribution in [-0.4, -0.2) is 130 Å². The largest absolute Gasteiger partial charge is 0.414 e. The highest BCUT2D eigenvalue weighted by Crippen LogP contribution is 2.67. The summed E-state index contributed by atoms with van der Waals surface area (Å²) in [6.45, 7) is 35.8. The predicted molar refractivity (Wildman–Crippen MR) is 358 cm³/mol. The summed E-state index contributed by atoms with van der Waals surface area (Å²) in [5.74, 6) is 0. The normalized spacial score (nSPS) is 29.6. The number of aromatic amines is 3. The molecule has 23 nitrogen and oxygen atoms in total. The van der Waals surface area contributed by atoms with Crippen molar-refractivity contribution in [3.63, 3.8) is 0 Å². The molecule has 5 saturated heterocycles. The van der Waals surface area contributed by atoms with Crippen LogP contribution in [0.5, 0.6) is 0 Å². The van der Waals surface area contributed by atoms with Crippen molar-refractivity contribution >= 4 is 79.4 Å². The summed E-state index contributed by atoms with van der Waals surface area (Å²) in [7, 11) is -10.8. The van der Waals surface area contributed by atoms with Crippen molar-refractivity contribution in [1.29, 1.82) is 0 Å². The second kappa shape index (κ2) is 26.9. The van der Waals surface area contributed by atoms with Gasteiger partial charge < -0.3 is 50.4 Å². The first kappa shape index (κ1) is 73.3. The second-order valence-electron chi connectivity index (χ2n) is 27.7. The van der Waals surface area contributed by atoms with E-state index in [2.05, 4.69) is 126 Å². The third-order valence-corrected chi connectivity index (χ3v) is 41.9. The number of halogens is 3. The van der Waals surface area contributed by atoms with Gasteiger partial charge in [0, 0.05) is 42.3 Å². The van der Waals surface area contributed by atoms with Gasteiger partial charge in [-0.3, -0.25) is 47.7 Å². The van der Waals surface area contributed by atoms with Gasteiger partial charge in [-0.05, 0) is 128 Å². The van der Waals surface area contributed by atoms with E-state index < -0.39 is 98.7 Å². The first-order chi connectivity index (χ1) is 40.2. The Kier molecular flexibility index (Phi) is 22.4. The first-order valence-corrected chi connectivity index (χ1v) is 40.9. The van der Waals surface area contributed by atoms with Crippen molar-refractivity contribution in [2.45, 2.75) is 256 Å². The zero-order chi connectivity index (χ0) is 63.3. The van der Waals surface area contributed by atoms with E-state index in [0.717, 1.165) is 38.5 Å². The topological polar surface area (TPSA) is 288 Å². The van der Waals surface area contributed by atoms with Gasteiger partial charge in [-0.2, -0.15) is 0 Å². The van der Waals surface area contributed by atoms with Gasteiger partial charge in [0.1, 0.15) is 37.0 Å². The fourth-order valence-corrected chi connectivity index (χ4v) is 38.1. The Labute approximate surface area is 547 Å². The van der Waals surface area contributed by atoms with Crippen LogP contribution in [0, 0.1) is 23.4 Å². The molecule has 3 aliphatic carbocycles. The summed E-state index contributed by atoms with van der Waals surface area (Å²) in [6.07, 6.45) is 5.56. The molecule has 9 atom stereocenters. The zero-order valence-corrected chi connectivity index (χ0v) is 61.3. The number of ether oxygens (including phenoxy) is 3. The van der Waals surface area contributed by atoms with Crippen molar-refractivity contribution in [2.75, 3.05) is 19.8 Å². The third kappa shape index (κ3) is 12.6. The Hall–Kier alpha value is -2.14. The second-order valence-corrected chi connectivity index (χ2v) is 47.8. The lowest BCUT2D eigenvalue weighted by atomic mass is 9.96. The van der Waals surface area contributed by atoms with E-state index in [-0.39, 0.29) is 105 Å². The van der Waals surface area contributed by atoms with Crippen molar-refractivity contribution in [3.05, 3.63) is 94.3 Å². The Morgan fingerprint density at radius 3 is 1.18 bits per heavy atom. The molecule has 5 aliphatic heterocycles. The van der Waals surface area contributed by atoms with Crippen molar-refractivity contribution in [3.8, 4) is 0 Å². The van der Waals surface area contributed by atoms with E-state index in [9.17, 15) is 39.0 Å². The summed E-state index contributed by atoms with van der Waals surface area (Å²) in [5.41, 5.74) is -1.87. The van der Waals surface area contributed by atoms with Gasteiger partial charge in [0.05, 0.1) is 45.3 Å². The van der Waals surface area contributed by atoms with Crippen LogP contribution in [0.1, 0.15) is 177 Å². The lowest BCUT2D eigenvalue weighted by Gasteiger charge is -2.51. The van der Waals surface area contributed by atoms with E-state index in [1.54, 1.807) is 17.0 Å². The van der Waals surface area contributed by atoms with E-state index >= 15 is 0 Å². The van der Waals surface area contributed by atoms with Crippen LogP contribution >= 0.6 is 45.2 Å². The number of aliphatic hydroxyl groups excluding tert-OH is 2. The van der Waals surface area contributed by atoms with E-state index in [0.29, 0.717) is 20.4 Å². The van der Waals surface area contributed by atoms with Crippen LogP contribution in [0.25, 0.3) is 0 Å². The van der Waals surface area contributed by atoms with Gasteiger partial charge in [-0.25, -0.2) is 14.4 Å².